The average Bonchev–Trinajstić information content (AvgIpc) is 2.72. The Bertz CT molecular complexity index is 771. The third kappa shape index (κ3) is 5.17. The van der Waals surface area contributed by atoms with Gasteiger partial charge >= 0.3 is 5.97 Å². The van der Waals surface area contributed by atoms with Gasteiger partial charge in [0.25, 0.3) is 0 Å². The largest absolute Gasteiger partial charge is 0.462 e. The number of nitrogens with two attached hydrogens (primary N) is 1. The van der Waals surface area contributed by atoms with Crippen molar-refractivity contribution in [2.24, 2.45) is 5.90 Å². The van der Waals surface area contributed by atoms with E-state index in [-0.39, 0.29) is 22.7 Å². The molecule has 0 spiro atoms. The van der Waals surface area contributed by atoms with Crippen LogP contribution in [0.25, 0.3) is 0 Å². The highest BCUT2D eigenvalue weighted by molar-refractivity contribution is 6.16. The molecule has 2 N–H and O–H groups in total. The van der Waals surface area contributed by atoms with Gasteiger partial charge < -0.3 is 9.57 Å². The van der Waals surface area contributed by atoms with E-state index in [0.717, 1.165) is 31.2 Å². The van der Waals surface area contributed by atoms with Crippen LogP contribution in [0.2, 0.25) is 0 Å². The Balaban J connectivity index is 2.36. The van der Waals surface area contributed by atoms with E-state index in [9.17, 15) is 9.59 Å². The molecule has 0 aliphatic heterocycles. The molecule has 0 aliphatic rings. The van der Waals surface area contributed by atoms with Crippen LogP contribution in [-0.2, 0) is 11.2 Å². The zero-order valence-electron chi connectivity index (χ0n) is 16.0. The molecule has 0 bridgehead atoms. The summed E-state index contributed by atoms with van der Waals surface area (Å²) in [6.45, 7) is 4.38. The molecule has 0 unspecified atom stereocenters. The van der Waals surface area contributed by atoms with Gasteiger partial charge in [0.2, 0.25) is 0 Å². The first-order valence-corrected chi connectivity index (χ1v) is 9.43. The summed E-state index contributed by atoms with van der Waals surface area (Å²) in [5.41, 5.74) is 1.55. The minimum Gasteiger partial charge on any atom is -0.462 e. The summed E-state index contributed by atoms with van der Waals surface area (Å²) in [4.78, 5) is 30.8. The minimum absolute atomic E-state index is 0.154. The van der Waals surface area contributed by atoms with Crippen molar-refractivity contribution in [2.75, 3.05) is 6.61 Å². The standard InChI is InChI=1S/C22H27NO4/c1-3-5-6-10-15-26-22(25)18-14-13-16(4-2)21(27-23)19(18)20(24)17-11-8-7-9-12-17/h7-9,11-14H,3-6,10,15,23H2,1-2H3. The van der Waals surface area contributed by atoms with Crippen molar-refractivity contribution < 1.29 is 19.2 Å². The van der Waals surface area contributed by atoms with Gasteiger partial charge in [-0.2, -0.15) is 5.90 Å². The minimum atomic E-state index is -0.535. The number of carbonyl (C=O) groups is 2. The summed E-state index contributed by atoms with van der Waals surface area (Å²) in [5.74, 6) is 4.84. The number of esters is 1. The van der Waals surface area contributed by atoms with E-state index >= 15 is 0 Å². The Morgan fingerprint density at radius 1 is 0.963 bits per heavy atom. The molecule has 0 heterocycles. The van der Waals surface area contributed by atoms with Crippen LogP contribution >= 0.6 is 0 Å². The summed E-state index contributed by atoms with van der Waals surface area (Å²) in [6.07, 6.45) is 4.64. The molecule has 0 saturated carbocycles. The lowest BCUT2D eigenvalue weighted by Crippen LogP contribution is -2.18. The smallest absolute Gasteiger partial charge is 0.339 e. The number of hydrogen-bond acceptors (Lipinski definition) is 5. The number of unbranched alkanes of at least 4 members (excludes halogenated alkanes) is 3. The van der Waals surface area contributed by atoms with Crippen LogP contribution in [-0.4, -0.2) is 18.4 Å². The van der Waals surface area contributed by atoms with Gasteiger partial charge in [0.1, 0.15) is 0 Å². The molecule has 144 valence electrons. The molecule has 0 aliphatic carbocycles. The Labute approximate surface area is 160 Å². The molecule has 2 aromatic carbocycles. The monoisotopic (exact) mass is 369 g/mol. The SMILES string of the molecule is CCCCCCOC(=O)c1ccc(CC)c(ON)c1C(=O)c1ccccc1. The van der Waals surface area contributed by atoms with Gasteiger partial charge in [-0.15, -0.1) is 0 Å². The maximum absolute atomic E-state index is 13.1. The number of ketones is 1. The number of ether oxygens (including phenoxy) is 1. The van der Waals surface area contributed by atoms with Gasteiger partial charge in [-0.3, -0.25) is 4.79 Å². The molecule has 0 aromatic heterocycles. The molecule has 0 radical (unpaired) electrons. The van der Waals surface area contributed by atoms with E-state index in [1.165, 1.54) is 0 Å². The van der Waals surface area contributed by atoms with Crippen molar-refractivity contribution in [2.45, 2.75) is 46.0 Å². The second-order valence-electron chi connectivity index (χ2n) is 6.34. The predicted octanol–water partition coefficient (Wildman–Crippen LogP) is 4.47. The van der Waals surface area contributed by atoms with Crippen molar-refractivity contribution in [3.05, 3.63) is 64.7 Å². The van der Waals surface area contributed by atoms with Gasteiger partial charge in [-0.1, -0.05) is 69.5 Å². The van der Waals surface area contributed by atoms with E-state index < -0.39 is 5.97 Å². The summed E-state index contributed by atoms with van der Waals surface area (Å²) < 4.78 is 5.39. The predicted molar refractivity (Wildman–Crippen MR) is 105 cm³/mol. The van der Waals surface area contributed by atoms with Crippen LogP contribution < -0.4 is 10.7 Å². The number of hydrogen-bond donors (Lipinski definition) is 1. The zero-order chi connectivity index (χ0) is 19.6. The Morgan fingerprint density at radius 2 is 1.70 bits per heavy atom. The van der Waals surface area contributed by atoms with Gasteiger partial charge in [-0.05, 0) is 24.5 Å². The normalized spacial score (nSPS) is 10.5. The van der Waals surface area contributed by atoms with Crippen LogP contribution in [0.5, 0.6) is 5.75 Å². The molecule has 27 heavy (non-hydrogen) atoms. The fraction of sp³-hybridized carbons (Fsp3) is 0.364. The third-order valence-corrected chi connectivity index (χ3v) is 4.45. The number of benzene rings is 2. The molecule has 5 nitrogen and oxygen atoms in total. The first-order chi connectivity index (χ1) is 13.1. The van der Waals surface area contributed by atoms with Crippen molar-refractivity contribution >= 4 is 11.8 Å². The van der Waals surface area contributed by atoms with Gasteiger partial charge in [0, 0.05) is 5.56 Å². The van der Waals surface area contributed by atoms with Crippen molar-refractivity contribution in [1.29, 1.82) is 0 Å². The molecule has 5 heteroatoms. The summed E-state index contributed by atoms with van der Waals surface area (Å²) in [7, 11) is 0. The van der Waals surface area contributed by atoms with Crippen LogP contribution in [0.15, 0.2) is 42.5 Å². The number of aryl methyl sites for hydroxylation is 1. The summed E-state index contributed by atoms with van der Waals surface area (Å²) in [5, 5.41) is 0. The van der Waals surface area contributed by atoms with Crippen LogP contribution in [0.1, 0.15) is 71.4 Å². The third-order valence-electron chi connectivity index (χ3n) is 4.45. The zero-order valence-corrected chi connectivity index (χ0v) is 16.0. The average molecular weight is 369 g/mol. The molecular weight excluding hydrogens is 342 g/mol. The lowest BCUT2D eigenvalue weighted by atomic mass is 9.94. The lowest BCUT2D eigenvalue weighted by molar-refractivity contribution is 0.0494. The van der Waals surface area contributed by atoms with Gasteiger partial charge in [0.15, 0.2) is 11.5 Å². The molecular formula is C22H27NO4. The second-order valence-corrected chi connectivity index (χ2v) is 6.34. The number of carbonyl (C=O) groups excluding carboxylic acids is 2. The fourth-order valence-electron chi connectivity index (χ4n) is 2.94. The molecule has 0 fully saturated rings. The Hall–Kier alpha value is -2.66. The van der Waals surface area contributed by atoms with Gasteiger partial charge in [0.05, 0.1) is 17.7 Å². The summed E-state index contributed by atoms with van der Waals surface area (Å²) in [6, 6.07) is 12.1. The van der Waals surface area contributed by atoms with Gasteiger partial charge in [-0.25, -0.2) is 4.79 Å². The molecule has 2 rings (SSSR count). The highest BCUT2D eigenvalue weighted by Crippen LogP contribution is 2.30. The van der Waals surface area contributed by atoms with Crippen LogP contribution in [0.4, 0.5) is 0 Å². The van der Waals surface area contributed by atoms with Crippen molar-refractivity contribution in [3.63, 3.8) is 0 Å². The van der Waals surface area contributed by atoms with Crippen LogP contribution in [0.3, 0.4) is 0 Å². The molecule has 2 aromatic rings. The first-order valence-electron chi connectivity index (χ1n) is 9.43. The number of rotatable bonds is 10. The molecule has 0 amide bonds. The molecule has 0 saturated heterocycles. The van der Waals surface area contributed by atoms with E-state index in [2.05, 4.69) is 6.92 Å². The quantitative estimate of drug-likeness (QED) is 0.289. The van der Waals surface area contributed by atoms with Crippen molar-refractivity contribution in [3.8, 4) is 5.75 Å². The fourth-order valence-corrected chi connectivity index (χ4v) is 2.94. The van der Waals surface area contributed by atoms with E-state index in [4.69, 9.17) is 15.5 Å². The topological polar surface area (TPSA) is 78.6 Å². The Morgan fingerprint density at radius 3 is 2.33 bits per heavy atom. The van der Waals surface area contributed by atoms with E-state index in [0.29, 0.717) is 18.6 Å². The first kappa shape index (κ1) is 20.6. The van der Waals surface area contributed by atoms with E-state index in [1.807, 2.05) is 13.0 Å². The lowest BCUT2D eigenvalue weighted by Gasteiger charge is -2.15. The maximum atomic E-state index is 13.1. The highest BCUT2D eigenvalue weighted by atomic mass is 16.6. The highest BCUT2D eigenvalue weighted by Gasteiger charge is 2.26. The molecule has 0 atom stereocenters. The summed E-state index contributed by atoms with van der Waals surface area (Å²) >= 11 is 0. The maximum Gasteiger partial charge on any atom is 0.339 e. The van der Waals surface area contributed by atoms with E-state index in [1.54, 1.807) is 36.4 Å². The van der Waals surface area contributed by atoms with Crippen LogP contribution in [0, 0.1) is 0 Å². The second kappa shape index (κ2) is 10.5. The van der Waals surface area contributed by atoms with Crippen molar-refractivity contribution in [1.82, 2.24) is 0 Å². The Kier molecular flexibility index (Phi) is 8.01.